The quantitative estimate of drug-likeness (QED) is 0.118. The van der Waals surface area contributed by atoms with E-state index in [1.807, 2.05) is 27.7 Å². The summed E-state index contributed by atoms with van der Waals surface area (Å²) in [7, 11) is 0. The first-order valence-electron chi connectivity index (χ1n) is 14.3. The van der Waals surface area contributed by atoms with Crippen LogP contribution in [0.4, 0.5) is 19.2 Å². The van der Waals surface area contributed by atoms with Gasteiger partial charge in [-0.3, -0.25) is 0 Å². The van der Waals surface area contributed by atoms with Crippen LogP contribution in [0.5, 0.6) is 0 Å². The molecule has 0 amide bonds. The Hall–Kier alpha value is -2.92. The van der Waals surface area contributed by atoms with Crippen LogP contribution < -0.4 is 0 Å². The highest BCUT2D eigenvalue weighted by molar-refractivity contribution is 5.62. The van der Waals surface area contributed by atoms with Crippen molar-refractivity contribution in [3.63, 3.8) is 0 Å². The van der Waals surface area contributed by atoms with E-state index in [1.54, 1.807) is 0 Å². The summed E-state index contributed by atoms with van der Waals surface area (Å²) >= 11 is 0. The summed E-state index contributed by atoms with van der Waals surface area (Å²) in [4.78, 5) is 48.4. The average Bonchev–Trinajstić information content (AvgIpc) is 2.84. The highest BCUT2D eigenvalue weighted by Gasteiger charge is 2.46. The molecular formula is C28H48O12. The molecule has 0 bridgehead atoms. The van der Waals surface area contributed by atoms with Gasteiger partial charge in [0.15, 0.2) is 0 Å². The van der Waals surface area contributed by atoms with Gasteiger partial charge in [0.05, 0.1) is 19.8 Å². The molecular weight excluding hydrogens is 528 g/mol. The first-order valence-corrected chi connectivity index (χ1v) is 14.3. The van der Waals surface area contributed by atoms with Gasteiger partial charge in [-0.15, -0.1) is 0 Å². The van der Waals surface area contributed by atoms with Crippen molar-refractivity contribution < 1.29 is 57.4 Å². The van der Waals surface area contributed by atoms with Gasteiger partial charge >= 0.3 is 24.6 Å². The van der Waals surface area contributed by atoms with E-state index in [0.717, 1.165) is 19.3 Å². The van der Waals surface area contributed by atoms with Gasteiger partial charge in [-0.1, -0.05) is 41.5 Å². The van der Waals surface area contributed by atoms with Gasteiger partial charge in [-0.2, -0.15) is 0 Å². The summed E-state index contributed by atoms with van der Waals surface area (Å²) in [5.74, 6) is 1.32. The maximum atomic E-state index is 12.4. The number of ether oxygens (including phenoxy) is 7. The highest BCUT2D eigenvalue weighted by atomic mass is 16.8. The van der Waals surface area contributed by atoms with E-state index >= 15 is 0 Å². The highest BCUT2D eigenvalue weighted by Crippen LogP contribution is 2.30. The van der Waals surface area contributed by atoms with Crippen LogP contribution in [0.2, 0.25) is 0 Å². The molecule has 232 valence electrons. The van der Waals surface area contributed by atoms with Crippen molar-refractivity contribution in [1.82, 2.24) is 0 Å². The standard InChI is InChI=1S/C28H48O12/c1-18(2)10-7-13-34-26(31)38-22-17-24(40-28(33)36-15-9-12-20(5)6)23(16-21(22)37-25(29)30)39-27(32)35-14-8-11-19(3)4/h18-24H,7-17H2,1-6H3,(H,29,30). The van der Waals surface area contributed by atoms with E-state index in [2.05, 4.69) is 13.8 Å². The van der Waals surface area contributed by atoms with Crippen molar-refractivity contribution in [2.45, 2.75) is 117 Å². The Balaban J connectivity index is 2.89. The predicted octanol–water partition coefficient (Wildman–Crippen LogP) is 6.72. The molecule has 0 aromatic heterocycles. The maximum absolute atomic E-state index is 12.4. The summed E-state index contributed by atoms with van der Waals surface area (Å²) in [6.07, 6.45) is -5.20. The minimum atomic E-state index is -1.61. The van der Waals surface area contributed by atoms with Crippen molar-refractivity contribution in [1.29, 1.82) is 0 Å². The summed E-state index contributed by atoms with van der Waals surface area (Å²) in [5, 5.41) is 9.24. The molecule has 4 unspecified atom stereocenters. The SMILES string of the molecule is CC(C)CCCOC(=O)OC1CC(OC(=O)OCCCC(C)C)C(OC(=O)OCCCC(C)C)CC1OC(=O)O. The summed E-state index contributed by atoms with van der Waals surface area (Å²) in [6.45, 7) is 12.7. The number of hydrogen-bond acceptors (Lipinski definition) is 11. The van der Waals surface area contributed by atoms with Crippen molar-refractivity contribution in [3.8, 4) is 0 Å². The number of hydrogen-bond donors (Lipinski definition) is 1. The third-order valence-electron chi connectivity index (χ3n) is 6.19. The van der Waals surface area contributed by atoms with Crippen LogP contribution in [0.25, 0.3) is 0 Å². The second-order valence-electron chi connectivity index (χ2n) is 11.3. The lowest BCUT2D eigenvalue weighted by atomic mass is 9.89. The van der Waals surface area contributed by atoms with Gasteiger partial charge in [-0.05, 0) is 56.3 Å². The zero-order chi connectivity index (χ0) is 30.1. The smallest absolute Gasteiger partial charge is 0.450 e. The van der Waals surface area contributed by atoms with E-state index < -0.39 is 49.0 Å². The molecule has 0 saturated heterocycles. The van der Waals surface area contributed by atoms with Crippen LogP contribution in [0, 0.1) is 17.8 Å². The Bertz CT molecular complexity index is 766. The Morgan fingerprint density at radius 1 is 0.550 bits per heavy atom. The zero-order valence-corrected chi connectivity index (χ0v) is 24.8. The van der Waals surface area contributed by atoms with E-state index in [4.69, 9.17) is 33.2 Å². The monoisotopic (exact) mass is 576 g/mol. The molecule has 0 aromatic carbocycles. The van der Waals surface area contributed by atoms with Gasteiger partial charge < -0.3 is 38.3 Å². The minimum absolute atomic E-state index is 0.130. The molecule has 4 atom stereocenters. The Morgan fingerprint density at radius 2 is 0.825 bits per heavy atom. The van der Waals surface area contributed by atoms with Crippen LogP contribution in [0.15, 0.2) is 0 Å². The minimum Gasteiger partial charge on any atom is -0.450 e. The lowest BCUT2D eigenvalue weighted by molar-refractivity contribution is -0.140. The first kappa shape index (κ1) is 35.1. The fourth-order valence-electron chi connectivity index (χ4n) is 4.10. The van der Waals surface area contributed by atoms with Crippen molar-refractivity contribution in [2.75, 3.05) is 19.8 Å². The van der Waals surface area contributed by atoms with E-state index in [1.165, 1.54) is 0 Å². The third-order valence-corrected chi connectivity index (χ3v) is 6.19. The fourth-order valence-corrected chi connectivity index (χ4v) is 4.10. The van der Waals surface area contributed by atoms with E-state index in [9.17, 15) is 24.3 Å². The molecule has 0 radical (unpaired) electrons. The molecule has 12 heteroatoms. The molecule has 1 fully saturated rings. The van der Waals surface area contributed by atoms with Crippen LogP contribution in [0.1, 0.15) is 92.9 Å². The number of rotatable bonds is 16. The van der Waals surface area contributed by atoms with Crippen molar-refractivity contribution >= 4 is 24.6 Å². The molecule has 1 N–H and O–H groups in total. The molecule has 1 saturated carbocycles. The molecule has 0 spiro atoms. The molecule has 40 heavy (non-hydrogen) atoms. The van der Waals surface area contributed by atoms with Crippen LogP contribution in [-0.2, 0) is 33.2 Å². The van der Waals surface area contributed by atoms with E-state index in [0.29, 0.717) is 37.0 Å². The lowest BCUT2D eigenvalue weighted by Gasteiger charge is -2.37. The fraction of sp³-hybridized carbons (Fsp3) is 0.857. The normalized spacial score (nSPS) is 20.6. The Kier molecular flexibility index (Phi) is 16.9. The second-order valence-corrected chi connectivity index (χ2v) is 11.3. The van der Waals surface area contributed by atoms with Crippen LogP contribution in [0.3, 0.4) is 0 Å². The Labute approximate surface area is 237 Å². The molecule has 0 aliphatic heterocycles. The number of carboxylic acid groups (broad SMARTS) is 1. The molecule has 0 aromatic rings. The van der Waals surface area contributed by atoms with Gasteiger partial charge in [0.1, 0.15) is 24.4 Å². The molecule has 12 nitrogen and oxygen atoms in total. The maximum Gasteiger partial charge on any atom is 0.508 e. The van der Waals surface area contributed by atoms with Crippen LogP contribution >= 0.6 is 0 Å². The second kappa shape index (κ2) is 19.2. The number of carbonyl (C=O) groups excluding carboxylic acids is 3. The third kappa shape index (κ3) is 16.2. The van der Waals surface area contributed by atoms with Crippen molar-refractivity contribution in [2.24, 2.45) is 17.8 Å². The molecule has 1 aliphatic carbocycles. The van der Waals surface area contributed by atoms with Crippen LogP contribution in [-0.4, -0.2) is 74.0 Å². The average molecular weight is 577 g/mol. The van der Waals surface area contributed by atoms with E-state index in [-0.39, 0.29) is 32.7 Å². The molecule has 0 heterocycles. The first-order chi connectivity index (χ1) is 18.9. The number of carbonyl (C=O) groups is 4. The van der Waals surface area contributed by atoms with Gasteiger partial charge in [-0.25, -0.2) is 19.2 Å². The summed E-state index contributed by atoms with van der Waals surface area (Å²) in [6, 6.07) is 0. The molecule has 1 aliphatic rings. The van der Waals surface area contributed by atoms with Gasteiger partial charge in [0.25, 0.3) is 0 Å². The largest absolute Gasteiger partial charge is 0.508 e. The lowest BCUT2D eigenvalue weighted by Crippen LogP contribution is -2.51. The van der Waals surface area contributed by atoms with Gasteiger partial charge in [0.2, 0.25) is 0 Å². The van der Waals surface area contributed by atoms with Gasteiger partial charge in [0, 0.05) is 12.8 Å². The molecule has 1 rings (SSSR count). The topological polar surface area (TPSA) is 153 Å². The summed E-state index contributed by atoms with van der Waals surface area (Å²) in [5.41, 5.74) is 0. The zero-order valence-electron chi connectivity index (χ0n) is 24.8. The summed E-state index contributed by atoms with van der Waals surface area (Å²) < 4.78 is 36.5. The van der Waals surface area contributed by atoms with Crippen molar-refractivity contribution in [3.05, 3.63) is 0 Å². The predicted molar refractivity (Wildman–Crippen MR) is 143 cm³/mol. The Morgan fingerprint density at radius 3 is 1.07 bits per heavy atom.